The molecule has 2 heterocycles. The van der Waals surface area contributed by atoms with Crippen molar-refractivity contribution >= 4 is 11.0 Å². The molecule has 242 valence electrons. The van der Waals surface area contributed by atoms with Crippen LogP contribution in [-0.2, 0) is 0 Å². The van der Waals surface area contributed by atoms with Crippen molar-refractivity contribution in [3.63, 3.8) is 0 Å². The number of imidazole rings is 1. The average molecular weight is 658 g/mol. The van der Waals surface area contributed by atoms with E-state index in [1.807, 2.05) is 68.7 Å². The molecule has 4 nitrogen and oxygen atoms in total. The molecule has 8 aromatic rings. The van der Waals surface area contributed by atoms with E-state index in [9.17, 15) is 5.11 Å². The Morgan fingerprint density at radius 2 is 1.22 bits per heavy atom. The topological polar surface area (TPSA) is 50.9 Å². The minimum Gasteiger partial charge on any atom is -0.507 e. The number of aryl methyl sites for hydroxylation is 4. The van der Waals surface area contributed by atoms with Crippen LogP contribution in [0.25, 0.3) is 72.7 Å². The van der Waals surface area contributed by atoms with Crippen molar-refractivity contribution in [1.82, 2.24) is 14.5 Å². The Kier molecular flexibility index (Phi) is 5.48. The molecule has 4 heteroatoms. The van der Waals surface area contributed by atoms with E-state index in [1.54, 1.807) is 24.3 Å². The van der Waals surface area contributed by atoms with Crippen LogP contribution in [0, 0.1) is 27.7 Å². The second kappa shape index (κ2) is 12.6. The molecule has 0 aliphatic carbocycles. The Labute approximate surface area is 307 Å². The monoisotopic (exact) mass is 657 g/mol. The first-order chi connectivity index (χ1) is 28.5. The van der Waals surface area contributed by atoms with Crippen molar-refractivity contribution < 1.29 is 18.8 Å². The van der Waals surface area contributed by atoms with E-state index in [0.29, 0.717) is 56.0 Å². The fraction of sp³-hybridized carbons (Fsp3) is 0.0870. The Hall–Kier alpha value is -6.26. The smallest absolute Gasteiger partial charge is 0.149 e. The van der Waals surface area contributed by atoms with Crippen LogP contribution in [0.1, 0.15) is 36.0 Å². The largest absolute Gasteiger partial charge is 0.507 e. The van der Waals surface area contributed by atoms with Gasteiger partial charge in [0.1, 0.15) is 11.6 Å². The van der Waals surface area contributed by atoms with Crippen LogP contribution in [0.15, 0.2) is 145 Å². The summed E-state index contributed by atoms with van der Waals surface area (Å²) in [5.41, 5.74) is 8.95. The number of benzene rings is 6. The predicted octanol–water partition coefficient (Wildman–Crippen LogP) is 11.7. The van der Waals surface area contributed by atoms with E-state index in [0.717, 1.165) is 27.9 Å². The summed E-state index contributed by atoms with van der Waals surface area (Å²) in [5, 5.41) is 11.5. The molecule has 0 spiro atoms. The molecule has 2 aromatic heterocycles. The van der Waals surface area contributed by atoms with Gasteiger partial charge in [-0.05, 0) is 132 Å². The van der Waals surface area contributed by atoms with Gasteiger partial charge in [0.2, 0.25) is 0 Å². The van der Waals surface area contributed by atoms with E-state index in [4.69, 9.17) is 18.7 Å². The zero-order valence-corrected chi connectivity index (χ0v) is 27.9. The number of phenols is 1. The van der Waals surface area contributed by atoms with Crippen LogP contribution in [-0.4, -0.2) is 19.6 Å². The molecule has 1 N–H and O–H groups in total. The Morgan fingerprint density at radius 3 is 1.94 bits per heavy atom. The summed E-state index contributed by atoms with van der Waals surface area (Å²) in [6.45, 7) is 7.83. The number of para-hydroxylation sites is 1. The Morgan fingerprint density at radius 1 is 0.580 bits per heavy atom. The van der Waals surface area contributed by atoms with Crippen molar-refractivity contribution in [2.45, 2.75) is 27.7 Å². The fourth-order valence-corrected chi connectivity index (χ4v) is 6.59. The van der Waals surface area contributed by atoms with Gasteiger partial charge in [-0.15, -0.1) is 0 Å². The van der Waals surface area contributed by atoms with Gasteiger partial charge in [-0.3, -0.25) is 9.55 Å². The van der Waals surface area contributed by atoms with Crippen molar-refractivity contribution in [3.05, 3.63) is 168 Å². The third kappa shape index (κ3) is 5.75. The van der Waals surface area contributed by atoms with Gasteiger partial charge < -0.3 is 5.11 Å². The molecule has 0 aliphatic heterocycles. The van der Waals surface area contributed by atoms with Gasteiger partial charge in [-0.25, -0.2) is 4.98 Å². The molecule has 50 heavy (non-hydrogen) atoms. The number of phenolic OH excluding ortho intramolecular Hbond substituents is 1. The van der Waals surface area contributed by atoms with Gasteiger partial charge in [0.05, 0.1) is 36.0 Å². The van der Waals surface area contributed by atoms with Crippen molar-refractivity contribution in [3.8, 4) is 67.5 Å². The minimum absolute atomic E-state index is 0.00416. The number of hydrogen-bond acceptors (Lipinski definition) is 3. The lowest BCUT2D eigenvalue weighted by atomic mass is 9.93. The first-order valence-electron chi connectivity index (χ1n) is 21.1. The van der Waals surface area contributed by atoms with Crippen LogP contribution in [0.5, 0.6) is 5.75 Å². The van der Waals surface area contributed by atoms with Gasteiger partial charge >= 0.3 is 0 Å². The van der Waals surface area contributed by atoms with E-state index in [2.05, 4.69) is 23.2 Å². The molecule has 0 saturated heterocycles. The summed E-state index contributed by atoms with van der Waals surface area (Å²) in [4.78, 5) is 9.87. The summed E-state index contributed by atoms with van der Waals surface area (Å²) >= 11 is 0. The van der Waals surface area contributed by atoms with E-state index >= 15 is 0 Å². The molecule has 0 amide bonds. The highest BCUT2D eigenvalue weighted by molar-refractivity contribution is 5.97. The molecule has 0 atom stereocenters. The first kappa shape index (κ1) is 21.7. The van der Waals surface area contributed by atoms with Gasteiger partial charge in [-0.1, -0.05) is 84.7 Å². The molecule has 0 bridgehead atoms. The van der Waals surface area contributed by atoms with Gasteiger partial charge in [0.25, 0.3) is 0 Å². The fourth-order valence-electron chi connectivity index (χ4n) is 6.59. The van der Waals surface area contributed by atoms with Crippen molar-refractivity contribution in [2.24, 2.45) is 0 Å². The van der Waals surface area contributed by atoms with Gasteiger partial charge in [0.15, 0.2) is 0 Å². The quantitative estimate of drug-likeness (QED) is 0.194. The molecular formula is C46H37N3O. The molecule has 8 rings (SSSR count). The van der Waals surface area contributed by atoms with Gasteiger partial charge in [0, 0.05) is 23.0 Å². The van der Waals surface area contributed by atoms with Crippen LogP contribution in [0.3, 0.4) is 0 Å². The highest BCUT2D eigenvalue weighted by atomic mass is 16.3. The standard InChI is InChI=1S/C46H37N3O/c1-29-20-30(2)23-39(22-29)49-43-17-11-16-40(44(43)48-46(49)41-24-31(3)21-32(4)45(41)50)37-25-36(34-14-9-6-10-15-34)26-38(27-37)42-28-35(18-19-47-42)33-12-7-5-8-13-33/h5-28,50H,1-4H3/i5D,6D,7D,8D,9D,10D,12D,13D,14D,15D. The third-order valence-corrected chi connectivity index (χ3v) is 8.71. The molecule has 0 saturated carbocycles. The molecule has 6 aromatic carbocycles. The zero-order valence-electron chi connectivity index (χ0n) is 37.9. The number of aromatic hydroxyl groups is 1. The SMILES string of the molecule is [2H]c1c([2H])c([2H])c(-c2cc(-c3cc(-c4c([2H])c([2H])c([2H])c([2H])c4[2H])ccn3)cc(-c3cccc4c3nc(-c3cc(C)cc(C)c3O)n4-c3cc(C)cc(C)c3)c2)c([2H])c1[2H]. The lowest BCUT2D eigenvalue weighted by molar-refractivity contribution is 0.472. The third-order valence-electron chi connectivity index (χ3n) is 8.71. The molecule has 0 aliphatic rings. The molecule has 0 unspecified atom stereocenters. The van der Waals surface area contributed by atoms with Crippen molar-refractivity contribution in [2.75, 3.05) is 0 Å². The first-order valence-corrected chi connectivity index (χ1v) is 16.1. The minimum atomic E-state index is -0.526. The lowest BCUT2D eigenvalue weighted by Crippen LogP contribution is -2.00. The second-order valence-electron chi connectivity index (χ2n) is 12.5. The maximum absolute atomic E-state index is 11.5. The van der Waals surface area contributed by atoms with Crippen LogP contribution in [0.2, 0.25) is 0 Å². The summed E-state index contributed by atoms with van der Waals surface area (Å²) in [5.74, 6) is 0.598. The highest BCUT2D eigenvalue weighted by Crippen LogP contribution is 2.41. The Balaban J connectivity index is 1.45. The van der Waals surface area contributed by atoms with Crippen molar-refractivity contribution in [1.29, 1.82) is 0 Å². The van der Waals surface area contributed by atoms with Crippen LogP contribution < -0.4 is 0 Å². The summed E-state index contributed by atoms with van der Waals surface area (Å²) in [7, 11) is 0. The molecule has 0 fully saturated rings. The molecular weight excluding hydrogens is 611 g/mol. The maximum Gasteiger partial charge on any atom is 0.149 e. The van der Waals surface area contributed by atoms with E-state index in [1.165, 1.54) is 6.20 Å². The van der Waals surface area contributed by atoms with E-state index in [-0.39, 0.29) is 29.0 Å². The predicted molar refractivity (Wildman–Crippen MR) is 207 cm³/mol. The maximum atomic E-state index is 11.5. The number of nitrogens with zero attached hydrogens (tertiary/aromatic N) is 3. The number of hydrogen-bond donors (Lipinski definition) is 1. The average Bonchev–Trinajstić information content (AvgIpc) is 3.61. The second-order valence-corrected chi connectivity index (χ2v) is 12.5. The Bertz CT molecular complexity index is 3040. The molecule has 0 radical (unpaired) electrons. The highest BCUT2D eigenvalue weighted by Gasteiger charge is 2.22. The summed E-state index contributed by atoms with van der Waals surface area (Å²) in [6, 6.07) is 19.6. The van der Waals surface area contributed by atoms with E-state index < -0.39 is 48.3 Å². The summed E-state index contributed by atoms with van der Waals surface area (Å²) in [6.07, 6.45) is 1.47. The van der Waals surface area contributed by atoms with Crippen LogP contribution >= 0.6 is 0 Å². The summed E-state index contributed by atoms with van der Waals surface area (Å²) < 4.78 is 86.8. The zero-order chi connectivity index (χ0) is 43.1. The normalized spacial score (nSPS) is 14.1. The number of pyridine rings is 1. The van der Waals surface area contributed by atoms with Crippen LogP contribution in [0.4, 0.5) is 0 Å². The number of fused-ring (bicyclic) bond motifs is 1. The lowest BCUT2D eigenvalue weighted by Gasteiger charge is -2.14. The van der Waals surface area contributed by atoms with Gasteiger partial charge in [-0.2, -0.15) is 0 Å². The number of aromatic nitrogens is 3. The number of rotatable bonds is 6.